The number of aromatic nitrogens is 2. The summed E-state index contributed by atoms with van der Waals surface area (Å²) < 4.78 is 15.5. The summed E-state index contributed by atoms with van der Waals surface area (Å²) in [6.07, 6.45) is 2.33. The van der Waals surface area contributed by atoms with Crippen molar-refractivity contribution in [2.24, 2.45) is 0 Å². The Labute approximate surface area is 122 Å². The molecule has 3 nitrogen and oxygen atoms in total. The number of anilines is 1. The number of nitrogens with zero attached hydrogens (tertiary/aromatic N) is 2. The summed E-state index contributed by atoms with van der Waals surface area (Å²) in [5.41, 5.74) is 10.4. The van der Waals surface area contributed by atoms with Crippen LogP contribution in [0, 0.1) is 12.7 Å². The number of fused-ring (bicyclic) bond motifs is 1. The first-order valence-electron chi connectivity index (χ1n) is 7.18. The van der Waals surface area contributed by atoms with Gasteiger partial charge in [-0.15, -0.1) is 0 Å². The topological polar surface area (TPSA) is 43.8 Å². The van der Waals surface area contributed by atoms with Crippen LogP contribution in [0.1, 0.15) is 30.1 Å². The maximum Gasteiger partial charge on any atom is 0.123 e. The molecule has 1 aliphatic carbocycles. The first-order chi connectivity index (χ1) is 10.1. The average molecular weight is 281 g/mol. The van der Waals surface area contributed by atoms with Crippen LogP contribution in [0.4, 0.5) is 10.1 Å². The molecule has 1 aromatic heterocycles. The molecule has 0 amide bonds. The van der Waals surface area contributed by atoms with Crippen LogP contribution in [0.25, 0.3) is 16.7 Å². The molecule has 1 saturated carbocycles. The number of hydrogen-bond donors (Lipinski definition) is 1. The lowest BCUT2D eigenvalue weighted by Crippen LogP contribution is -2.02. The maximum atomic E-state index is 13.4. The Kier molecular flexibility index (Phi) is 2.55. The van der Waals surface area contributed by atoms with E-state index in [2.05, 4.69) is 4.57 Å². The van der Waals surface area contributed by atoms with E-state index >= 15 is 0 Å². The highest BCUT2D eigenvalue weighted by Gasteiger charge is 2.30. The number of rotatable bonds is 2. The molecule has 0 spiro atoms. The van der Waals surface area contributed by atoms with Crippen molar-refractivity contribution in [2.75, 3.05) is 5.73 Å². The van der Waals surface area contributed by atoms with E-state index in [4.69, 9.17) is 10.7 Å². The van der Waals surface area contributed by atoms with Crippen LogP contribution in [0.15, 0.2) is 36.4 Å². The van der Waals surface area contributed by atoms with E-state index in [-0.39, 0.29) is 5.82 Å². The van der Waals surface area contributed by atoms with Gasteiger partial charge < -0.3 is 5.73 Å². The lowest BCUT2D eigenvalue weighted by atomic mass is 10.1. The molecule has 0 atom stereocenters. The zero-order chi connectivity index (χ0) is 14.6. The SMILES string of the molecule is Cc1cc(F)ccc1-n1c(C2CC2)nc2cc(N)ccc21. The van der Waals surface area contributed by atoms with Gasteiger partial charge in [0.25, 0.3) is 0 Å². The molecule has 2 aromatic carbocycles. The van der Waals surface area contributed by atoms with Crippen LogP contribution in [0.2, 0.25) is 0 Å². The Morgan fingerprint density at radius 3 is 2.71 bits per heavy atom. The van der Waals surface area contributed by atoms with Crippen LogP contribution >= 0.6 is 0 Å². The maximum absolute atomic E-state index is 13.4. The van der Waals surface area contributed by atoms with Crippen LogP contribution in [-0.2, 0) is 0 Å². The second-order valence-electron chi connectivity index (χ2n) is 5.76. The van der Waals surface area contributed by atoms with Crippen molar-refractivity contribution in [1.82, 2.24) is 9.55 Å². The van der Waals surface area contributed by atoms with Crippen molar-refractivity contribution in [1.29, 1.82) is 0 Å². The highest BCUT2D eigenvalue weighted by atomic mass is 19.1. The van der Waals surface area contributed by atoms with Gasteiger partial charge in [-0.1, -0.05) is 0 Å². The minimum Gasteiger partial charge on any atom is -0.399 e. The fourth-order valence-corrected chi connectivity index (χ4v) is 2.85. The van der Waals surface area contributed by atoms with Crippen LogP contribution in [0.3, 0.4) is 0 Å². The minimum atomic E-state index is -0.210. The monoisotopic (exact) mass is 281 g/mol. The van der Waals surface area contributed by atoms with Crippen molar-refractivity contribution >= 4 is 16.7 Å². The lowest BCUT2D eigenvalue weighted by Gasteiger charge is -2.12. The molecule has 0 radical (unpaired) electrons. The van der Waals surface area contributed by atoms with E-state index < -0.39 is 0 Å². The van der Waals surface area contributed by atoms with Gasteiger partial charge in [-0.2, -0.15) is 0 Å². The first-order valence-corrected chi connectivity index (χ1v) is 7.18. The van der Waals surface area contributed by atoms with Crippen molar-refractivity contribution < 1.29 is 4.39 Å². The zero-order valence-electron chi connectivity index (χ0n) is 11.8. The first kappa shape index (κ1) is 12.4. The summed E-state index contributed by atoms with van der Waals surface area (Å²) in [6.45, 7) is 1.93. The summed E-state index contributed by atoms with van der Waals surface area (Å²) in [4.78, 5) is 4.76. The van der Waals surface area contributed by atoms with Crippen molar-refractivity contribution in [3.05, 3.63) is 53.6 Å². The molecule has 0 aliphatic heterocycles. The van der Waals surface area contributed by atoms with Gasteiger partial charge in [-0.25, -0.2) is 9.37 Å². The highest BCUT2D eigenvalue weighted by molar-refractivity contribution is 5.82. The van der Waals surface area contributed by atoms with Crippen molar-refractivity contribution in [2.45, 2.75) is 25.7 Å². The molecular weight excluding hydrogens is 265 g/mol. The van der Waals surface area contributed by atoms with E-state index in [0.717, 1.165) is 28.1 Å². The third-order valence-corrected chi connectivity index (χ3v) is 4.05. The molecule has 4 heteroatoms. The van der Waals surface area contributed by atoms with Crippen molar-refractivity contribution in [3.8, 4) is 5.69 Å². The fraction of sp³-hybridized carbons (Fsp3) is 0.235. The number of aryl methyl sites for hydroxylation is 1. The van der Waals surface area contributed by atoms with Gasteiger partial charge in [0, 0.05) is 11.6 Å². The van der Waals surface area contributed by atoms with Crippen LogP contribution in [-0.4, -0.2) is 9.55 Å². The minimum absolute atomic E-state index is 0.210. The molecule has 1 heterocycles. The lowest BCUT2D eigenvalue weighted by molar-refractivity contribution is 0.626. The van der Waals surface area contributed by atoms with Crippen molar-refractivity contribution in [3.63, 3.8) is 0 Å². The number of nitrogen functional groups attached to an aromatic ring is 1. The largest absolute Gasteiger partial charge is 0.399 e. The number of hydrogen-bond acceptors (Lipinski definition) is 2. The Bertz CT molecular complexity index is 847. The second-order valence-corrected chi connectivity index (χ2v) is 5.76. The smallest absolute Gasteiger partial charge is 0.123 e. The molecule has 1 aliphatic rings. The standard InChI is InChI=1S/C17H16FN3/c1-10-8-12(18)4-6-15(10)21-16-7-5-13(19)9-14(16)20-17(21)11-2-3-11/h4-9,11H,2-3,19H2,1H3. The molecule has 21 heavy (non-hydrogen) atoms. The third-order valence-electron chi connectivity index (χ3n) is 4.05. The Morgan fingerprint density at radius 1 is 1.19 bits per heavy atom. The average Bonchev–Trinajstić information content (AvgIpc) is 3.21. The van der Waals surface area contributed by atoms with E-state index in [1.54, 1.807) is 6.07 Å². The predicted molar refractivity (Wildman–Crippen MR) is 82.2 cm³/mol. The number of imidazole rings is 1. The van der Waals surface area contributed by atoms with E-state index in [0.29, 0.717) is 11.6 Å². The Hall–Kier alpha value is -2.36. The molecule has 0 saturated heterocycles. The summed E-state index contributed by atoms with van der Waals surface area (Å²) in [5.74, 6) is 1.35. The van der Waals surface area contributed by atoms with E-state index in [1.165, 1.54) is 18.9 Å². The molecule has 0 bridgehead atoms. The van der Waals surface area contributed by atoms with Gasteiger partial charge in [0.1, 0.15) is 11.6 Å². The van der Waals surface area contributed by atoms with Gasteiger partial charge >= 0.3 is 0 Å². The quantitative estimate of drug-likeness (QED) is 0.723. The third kappa shape index (κ3) is 1.98. The summed E-state index contributed by atoms with van der Waals surface area (Å²) >= 11 is 0. The predicted octanol–water partition coefficient (Wildman–Crippen LogP) is 3.93. The van der Waals surface area contributed by atoms with Gasteiger partial charge in [-0.05, 0) is 61.7 Å². The van der Waals surface area contributed by atoms with Gasteiger partial charge in [0.15, 0.2) is 0 Å². The van der Waals surface area contributed by atoms with Gasteiger partial charge in [-0.3, -0.25) is 4.57 Å². The number of nitrogens with two attached hydrogens (primary N) is 1. The van der Waals surface area contributed by atoms with Crippen LogP contribution < -0.4 is 5.73 Å². The Morgan fingerprint density at radius 2 is 2.00 bits per heavy atom. The molecule has 1 fully saturated rings. The van der Waals surface area contributed by atoms with E-state index in [9.17, 15) is 4.39 Å². The van der Waals surface area contributed by atoms with Crippen LogP contribution in [0.5, 0.6) is 0 Å². The summed E-state index contributed by atoms with van der Waals surface area (Å²) in [5, 5.41) is 0. The zero-order valence-corrected chi connectivity index (χ0v) is 11.8. The number of benzene rings is 2. The van der Waals surface area contributed by atoms with Gasteiger partial charge in [0.05, 0.1) is 16.7 Å². The van der Waals surface area contributed by atoms with Gasteiger partial charge in [0.2, 0.25) is 0 Å². The van der Waals surface area contributed by atoms with E-state index in [1.807, 2.05) is 31.2 Å². The highest BCUT2D eigenvalue weighted by Crippen LogP contribution is 2.42. The normalized spacial score (nSPS) is 14.8. The summed E-state index contributed by atoms with van der Waals surface area (Å²) in [7, 11) is 0. The fourth-order valence-electron chi connectivity index (χ4n) is 2.85. The molecule has 3 aromatic rings. The summed E-state index contributed by atoms with van der Waals surface area (Å²) in [6, 6.07) is 10.7. The molecular formula is C17H16FN3. The Balaban J connectivity index is 2.03. The number of halogens is 1. The molecule has 106 valence electrons. The second kappa shape index (κ2) is 4.32. The molecule has 4 rings (SSSR count). The molecule has 2 N–H and O–H groups in total. The molecule has 0 unspecified atom stereocenters.